The van der Waals surface area contributed by atoms with E-state index in [1.807, 2.05) is 12.1 Å². The van der Waals surface area contributed by atoms with Gasteiger partial charge in [-0.3, -0.25) is 4.79 Å². The summed E-state index contributed by atoms with van der Waals surface area (Å²) in [7, 11) is 1.53. The molecule has 1 N–H and O–H groups in total. The third-order valence-corrected chi connectivity index (χ3v) is 5.96. The van der Waals surface area contributed by atoms with Gasteiger partial charge in [-0.2, -0.15) is 18.2 Å². The summed E-state index contributed by atoms with van der Waals surface area (Å²) in [5, 5.41) is 6.34. The van der Waals surface area contributed by atoms with Crippen LogP contribution in [-0.4, -0.2) is 27.7 Å². The van der Waals surface area contributed by atoms with Gasteiger partial charge in [-0.1, -0.05) is 12.1 Å². The fourth-order valence-electron chi connectivity index (χ4n) is 4.49. The van der Waals surface area contributed by atoms with Crippen molar-refractivity contribution in [3.8, 4) is 5.75 Å². The van der Waals surface area contributed by atoms with Gasteiger partial charge in [-0.05, 0) is 47.7 Å². The maximum atomic E-state index is 14.0. The molecule has 176 valence electrons. The second-order valence-corrected chi connectivity index (χ2v) is 8.13. The second kappa shape index (κ2) is 7.93. The van der Waals surface area contributed by atoms with Crippen molar-refractivity contribution < 1.29 is 31.5 Å². The summed E-state index contributed by atoms with van der Waals surface area (Å²) in [6.07, 6.45) is -4.49. The molecule has 2 aliphatic rings. The van der Waals surface area contributed by atoms with E-state index in [1.165, 1.54) is 7.11 Å². The number of Topliss-reactive ketones (excluding diaryl/α,β-unsaturated/α-hetero) is 1. The largest absolute Gasteiger partial charge is 0.497 e. The van der Waals surface area contributed by atoms with E-state index in [0.717, 1.165) is 22.4 Å². The number of aromatic nitrogens is 3. The van der Waals surface area contributed by atoms with E-state index < -0.39 is 29.7 Å². The molecule has 3 aromatic rings. The summed E-state index contributed by atoms with van der Waals surface area (Å²) in [4.78, 5) is 16.9. The van der Waals surface area contributed by atoms with Crippen LogP contribution in [0.5, 0.6) is 5.75 Å². The van der Waals surface area contributed by atoms with Crippen LogP contribution < -0.4 is 10.1 Å². The Bertz CT molecular complexity index is 1290. The van der Waals surface area contributed by atoms with Gasteiger partial charge in [-0.15, -0.1) is 5.10 Å². The average Bonchev–Trinajstić information content (AvgIpc) is 3.21. The Labute approximate surface area is 190 Å². The molecule has 0 spiro atoms. The predicted molar refractivity (Wildman–Crippen MR) is 110 cm³/mol. The number of anilines is 1. The Morgan fingerprint density at radius 3 is 2.32 bits per heavy atom. The van der Waals surface area contributed by atoms with Crippen LogP contribution in [0.3, 0.4) is 0 Å². The van der Waals surface area contributed by atoms with Gasteiger partial charge in [0.2, 0.25) is 5.95 Å². The first-order valence-corrected chi connectivity index (χ1v) is 10.3. The van der Waals surface area contributed by atoms with E-state index >= 15 is 0 Å². The monoisotopic (exact) mass is 476 g/mol. The van der Waals surface area contributed by atoms with E-state index in [-0.39, 0.29) is 41.6 Å². The van der Waals surface area contributed by atoms with Crippen LogP contribution in [0.15, 0.2) is 53.7 Å². The van der Waals surface area contributed by atoms with Crippen LogP contribution in [0, 0.1) is 11.6 Å². The smallest absolute Gasteiger partial charge is 0.453 e. The fourth-order valence-corrected chi connectivity index (χ4v) is 4.49. The minimum atomic E-state index is -4.85. The molecule has 2 aromatic carbocycles. The molecule has 1 aromatic heterocycles. The third kappa shape index (κ3) is 3.80. The van der Waals surface area contributed by atoms with Crippen molar-refractivity contribution in [1.29, 1.82) is 0 Å². The van der Waals surface area contributed by atoms with Crippen molar-refractivity contribution in [2.45, 2.75) is 31.0 Å². The summed E-state index contributed by atoms with van der Waals surface area (Å²) < 4.78 is 74.1. The number of halogens is 5. The normalized spacial score (nSPS) is 20.0. The molecule has 2 heterocycles. The highest BCUT2D eigenvalue weighted by Gasteiger charge is 2.43. The summed E-state index contributed by atoms with van der Waals surface area (Å²) in [5.41, 5.74) is 1.27. The van der Waals surface area contributed by atoms with E-state index in [1.54, 1.807) is 12.1 Å². The van der Waals surface area contributed by atoms with Crippen molar-refractivity contribution in [2.75, 3.05) is 12.4 Å². The molecular formula is C23H17F5N4O2. The molecule has 0 saturated heterocycles. The number of ether oxygens (including phenoxy) is 1. The minimum absolute atomic E-state index is 0.0392. The molecule has 0 amide bonds. The molecule has 2 atom stereocenters. The molecule has 34 heavy (non-hydrogen) atoms. The van der Waals surface area contributed by atoms with Crippen molar-refractivity contribution in [3.05, 3.63) is 82.3 Å². The number of rotatable bonds is 3. The molecule has 11 heteroatoms. The number of fused-ring (bicyclic) bond motifs is 1. The van der Waals surface area contributed by atoms with E-state index in [2.05, 4.69) is 15.4 Å². The number of alkyl halides is 3. The number of hydrogen-bond donors (Lipinski definition) is 1. The highest BCUT2D eigenvalue weighted by atomic mass is 19.4. The zero-order chi connectivity index (χ0) is 24.2. The van der Waals surface area contributed by atoms with Crippen molar-refractivity contribution in [3.63, 3.8) is 0 Å². The van der Waals surface area contributed by atoms with Crippen molar-refractivity contribution >= 4 is 11.7 Å². The van der Waals surface area contributed by atoms with Crippen LogP contribution in [-0.2, 0) is 11.0 Å². The van der Waals surface area contributed by atoms with Crippen LogP contribution in [0.4, 0.5) is 27.9 Å². The molecule has 0 unspecified atom stereocenters. The highest BCUT2D eigenvalue weighted by Crippen LogP contribution is 2.45. The summed E-state index contributed by atoms with van der Waals surface area (Å²) >= 11 is 0. The average molecular weight is 476 g/mol. The Morgan fingerprint density at radius 2 is 1.71 bits per heavy atom. The zero-order valence-electron chi connectivity index (χ0n) is 17.7. The standard InChI is InChI=1S/C23H17F5N4O2/c1-34-16-4-2-11(3-5-16)12-8-17-19(18(33)9-12)20(13-6-14(24)10-15(25)7-13)32-22(29-17)30-21(31-32)23(26,27)28/h2-7,10,12,20H,8-9H2,1H3,(H,29,30,31)/t12-,20+/m1/s1. The van der Waals surface area contributed by atoms with Crippen molar-refractivity contribution in [1.82, 2.24) is 14.8 Å². The number of carbonyl (C=O) groups is 1. The second-order valence-electron chi connectivity index (χ2n) is 8.13. The van der Waals surface area contributed by atoms with Crippen LogP contribution in [0.25, 0.3) is 0 Å². The molecule has 1 aliphatic carbocycles. The first-order chi connectivity index (χ1) is 16.1. The van der Waals surface area contributed by atoms with Gasteiger partial charge < -0.3 is 10.1 Å². The molecule has 5 rings (SSSR count). The summed E-state index contributed by atoms with van der Waals surface area (Å²) in [5.74, 6) is -3.51. The Kier molecular flexibility index (Phi) is 5.14. The van der Waals surface area contributed by atoms with Gasteiger partial charge in [-0.25, -0.2) is 13.5 Å². The van der Waals surface area contributed by atoms with Crippen LogP contribution >= 0.6 is 0 Å². The molecule has 0 bridgehead atoms. The molecule has 0 saturated carbocycles. The lowest BCUT2D eigenvalue weighted by Crippen LogP contribution is -2.33. The molecule has 0 fully saturated rings. The molecule has 6 nitrogen and oxygen atoms in total. The Balaban J connectivity index is 1.62. The lowest BCUT2D eigenvalue weighted by atomic mass is 9.78. The number of methoxy groups -OCH3 is 1. The van der Waals surface area contributed by atoms with Gasteiger partial charge in [0.05, 0.1) is 7.11 Å². The number of carbonyl (C=O) groups excluding carboxylic acids is 1. The van der Waals surface area contributed by atoms with Gasteiger partial charge in [0.15, 0.2) is 5.78 Å². The zero-order valence-corrected chi connectivity index (χ0v) is 17.7. The number of nitrogens with zero attached hydrogens (tertiary/aromatic N) is 3. The van der Waals surface area contributed by atoms with E-state index in [9.17, 15) is 26.7 Å². The first-order valence-electron chi connectivity index (χ1n) is 10.3. The molecular weight excluding hydrogens is 459 g/mol. The Hall–Kier alpha value is -3.76. The van der Waals surface area contributed by atoms with E-state index in [0.29, 0.717) is 17.5 Å². The summed E-state index contributed by atoms with van der Waals surface area (Å²) in [6, 6.07) is 8.47. The number of ketones is 1. The number of nitrogens with one attached hydrogen (secondary N) is 1. The van der Waals surface area contributed by atoms with Crippen LogP contribution in [0.2, 0.25) is 0 Å². The quantitative estimate of drug-likeness (QED) is 0.539. The van der Waals surface area contributed by atoms with Gasteiger partial charge in [0.25, 0.3) is 5.82 Å². The lowest BCUT2D eigenvalue weighted by Gasteiger charge is -2.35. The summed E-state index contributed by atoms with van der Waals surface area (Å²) in [6.45, 7) is 0. The molecule has 0 radical (unpaired) electrons. The number of allylic oxidation sites excluding steroid dienone is 2. The fraction of sp³-hybridized carbons (Fsp3) is 0.261. The van der Waals surface area contributed by atoms with Crippen molar-refractivity contribution in [2.24, 2.45) is 0 Å². The predicted octanol–water partition coefficient (Wildman–Crippen LogP) is 5.00. The van der Waals surface area contributed by atoms with E-state index in [4.69, 9.17) is 4.74 Å². The SMILES string of the molecule is COc1ccc([C@H]2CC(=O)C3=C(C2)Nc2nc(C(F)(F)F)nn2[C@H]3c2cc(F)cc(F)c2)cc1. The lowest BCUT2D eigenvalue weighted by molar-refractivity contribution is -0.145. The number of benzene rings is 2. The Morgan fingerprint density at radius 1 is 1.03 bits per heavy atom. The first kappa shape index (κ1) is 22.1. The molecule has 1 aliphatic heterocycles. The number of hydrogen-bond acceptors (Lipinski definition) is 5. The topological polar surface area (TPSA) is 69.0 Å². The maximum absolute atomic E-state index is 14.0. The third-order valence-electron chi connectivity index (χ3n) is 5.96. The van der Waals surface area contributed by atoms with Gasteiger partial charge in [0.1, 0.15) is 23.4 Å². The highest BCUT2D eigenvalue weighted by molar-refractivity contribution is 6.00. The minimum Gasteiger partial charge on any atom is -0.497 e. The maximum Gasteiger partial charge on any atom is 0.453 e. The van der Waals surface area contributed by atoms with Gasteiger partial charge in [0, 0.05) is 23.8 Å². The van der Waals surface area contributed by atoms with Gasteiger partial charge >= 0.3 is 6.18 Å². The van der Waals surface area contributed by atoms with Crippen LogP contribution in [0.1, 0.15) is 41.8 Å².